The van der Waals surface area contributed by atoms with Crippen molar-refractivity contribution < 1.29 is 74.6 Å². The van der Waals surface area contributed by atoms with Gasteiger partial charge >= 0.3 is 47.6 Å². The third-order valence-corrected chi connectivity index (χ3v) is 2.88. The van der Waals surface area contributed by atoms with Crippen molar-refractivity contribution in [3.05, 3.63) is 6.42 Å². The monoisotopic (exact) mass is 443 g/mol. The molecule has 0 nitrogen and oxygen atoms in total. The smallest absolute Gasteiger partial charge is 0.192 e. The van der Waals surface area contributed by atoms with Gasteiger partial charge in [-0.1, -0.05) is 0 Å². The summed E-state index contributed by atoms with van der Waals surface area (Å²) in [7, 11) is 0. The summed E-state index contributed by atoms with van der Waals surface area (Å²) in [4.78, 5) is 0. The lowest BCUT2D eigenvalue weighted by Crippen LogP contribution is -2.74. The summed E-state index contributed by atoms with van der Waals surface area (Å²) in [6.45, 7) is 0. The quantitative estimate of drug-likeness (QED) is 0.371. The minimum absolute atomic E-state index is 0.803. The molecular weight excluding hydrogens is 443 g/mol. The third-order valence-electron chi connectivity index (χ3n) is 2.88. The Kier molecular flexibility index (Phi) is 5.57. The maximum Gasteiger partial charge on any atom is 0.460 e. The van der Waals surface area contributed by atoms with Gasteiger partial charge in [-0.15, -0.1) is 0 Å². The van der Waals surface area contributed by atoms with Gasteiger partial charge in [0.2, 0.25) is 0 Å². The predicted molar refractivity (Wildman–Crippen MR) is 47.8 cm³/mol. The lowest BCUT2D eigenvalue weighted by Gasteiger charge is -2.42. The molecule has 17 heteroatoms. The third kappa shape index (κ3) is 2.94. The molecule has 0 rings (SSSR count). The van der Waals surface area contributed by atoms with E-state index < -0.39 is 53.6 Å². The molecule has 0 bridgehead atoms. The Bertz CT molecular complexity index is 600. The van der Waals surface area contributed by atoms with Crippen LogP contribution in [-0.2, 0) is 0 Å². The topological polar surface area (TPSA) is 0 Å². The molecule has 0 aliphatic carbocycles. The van der Waals surface area contributed by atoms with Gasteiger partial charge in [-0.05, 0) is 12.3 Å². The molecule has 0 saturated heterocycles. The van der Waals surface area contributed by atoms with Crippen LogP contribution in [0, 0.1) is 12.3 Å². The SMILES string of the molecule is [C]#CC(F)(F)C(F)(F)C(F)(F)C(F)(F)C(F)(F)C(F)(F)C(F)(F)C(F)(F)F. The summed E-state index contributed by atoms with van der Waals surface area (Å²) in [6.07, 6.45) is -2.23. The highest BCUT2D eigenvalue weighted by molar-refractivity contribution is 5.18. The Morgan fingerprint density at radius 1 is 0.370 bits per heavy atom. The van der Waals surface area contributed by atoms with Crippen LogP contribution in [0.25, 0.3) is 0 Å². The molecule has 0 aliphatic rings. The summed E-state index contributed by atoms with van der Waals surface area (Å²) < 4.78 is 214. The second-order valence-corrected chi connectivity index (χ2v) is 4.64. The molecule has 0 aliphatic heterocycles. The Morgan fingerprint density at radius 3 is 0.815 bits per heavy atom. The minimum atomic E-state index is -8.65. The molecule has 0 spiro atoms. The molecule has 0 atom stereocenters. The average Bonchev–Trinajstić information content (AvgIpc) is 2.44. The van der Waals surface area contributed by atoms with Crippen LogP contribution in [0.5, 0.6) is 0 Å². The molecule has 0 aromatic rings. The van der Waals surface area contributed by atoms with Crippen LogP contribution in [0.4, 0.5) is 74.6 Å². The summed E-state index contributed by atoms with van der Waals surface area (Å²) in [5.74, 6) is -57.8. The first kappa shape index (κ1) is 25.4. The summed E-state index contributed by atoms with van der Waals surface area (Å²) in [5, 5.41) is 0. The zero-order valence-electron chi connectivity index (χ0n) is 11.4. The van der Waals surface area contributed by atoms with Gasteiger partial charge in [-0.25, -0.2) is 0 Å². The second-order valence-electron chi connectivity index (χ2n) is 4.64. The number of rotatable bonds is 6. The van der Waals surface area contributed by atoms with Crippen LogP contribution < -0.4 is 0 Å². The van der Waals surface area contributed by atoms with E-state index in [9.17, 15) is 74.6 Å². The van der Waals surface area contributed by atoms with E-state index in [4.69, 9.17) is 6.42 Å². The fourth-order valence-electron chi connectivity index (χ4n) is 1.24. The molecule has 27 heavy (non-hydrogen) atoms. The molecule has 0 N–H and O–H groups in total. The van der Waals surface area contributed by atoms with E-state index in [1.807, 2.05) is 0 Å². The van der Waals surface area contributed by atoms with Crippen molar-refractivity contribution in [2.24, 2.45) is 0 Å². The first-order chi connectivity index (χ1) is 11.3. The fraction of sp³-hybridized carbons (Fsp3) is 0.800. The van der Waals surface area contributed by atoms with Gasteiger partial charge < -0.3 is 0 Å². The standard InChI is InChI=1S/C10F17/c1-2-3(11,12)4(13,14)5(15,16)6(17,18)7(19,20)8(21,22)9(23,24)10(25,26)27. The largest absolute Gasteiger partial charge is 0.460 e. The first-order valence-corrected chi connectivity index (χ1v) is 5.46. The minimum Gasteiger partial charge on any atom is -0.192 e. The summed E-state index contributed by atoms with van der Waals surface area (Å²) in [6, 6.07) is 0. The van der Waals surface area contributed by atoms with Gasteiger partial charge in [-0.3, -0.25) is 0 Å². The molecule has 0 aromatic heterocycles. The number of hydrogen-bond donors (Lipinski definition) is 0. The van der Waals surface area contributed by atoms with Crippen molar-refractivity contribution >= 4 is 0 Å². The molecule has 1 radical (unpaired) electrons. The van der Waals surface area contributed by atoms with Crippen molar-refractivity contribution in [1.29, 1.82) is 0 Å². The van der Waals surface area contributed by atoms with E-state index >= 15 is 0 Å². The summed E-state index contributed by atoms with van der Waals surface area (Å²) in [5.41, 5.74) is 0. The lowest BCUT2D eigenvalue weighted by molar-refractivity contribution is -0.459. The van der Waals surface area contributed by atoms with E-state index in [0.29, 0.717) is 0 Å². The highest BCUT2D eigenvalue weighted by Gasteiger charge is 2.95. The van der Waals surface area contributed by atoms with E-state index in [1.165, 1.54) is 0 Å². The van der Waals surface area contributed by atoms with Gasteiger partial charge in [0.05, 0.1) is 0 Å². The van der Waals surface area contributed by atoms with E-state index in [2.05, 4.69) is 0 Å². The molecule has 0 unspecified atom stereocenters. The molecule has 0 amide bonds. The normalized spacial score (nSPS) is 16.3. The van der Waals surface area contributed by atoms with Gasteiger partial charge in [-0.2, -0.15) is 74.6 Å². The molecule has 0 aromatic carbocycles. The number of hydrogen-bond acceptors (Lipinski definition) is 0. The fourth-order valence-corrected chi connectivity index (χ4v) is 1.24. The van der Waals surface area contributed by atoms with Crippen LogP contribution in [0.2, 0.25) is 0 Å². The first-order valence-electron chi connectivity index (χ1n) is 5.46. The van der Waals surface area contributed by atoms with E-state index in [-0.39, 0.29) is 0 Å². The zero-order valence-corrected chi connectivity index (χ0v) is 11.4. The van der Waals surface area contributed by atoms with Crippen LogP contribution in [0.1, 0.15) is 0 Å². The van der Waals surface area contributed by atoms with Gasteiger partial charge in [0.1, 0.15) is 0 Å². The second kappa shape index (κ2) is 5.93. The Balaban J connectivity index is 6.71. The lowest BCUT2D eigenvalue weighted by atomic mass is 9.89. The Morgan fingerprint density at radius 2 is 0.593 bits per heavy atom. The molecular formula is C10F17. The van der Waals surface area contributed by atoms with Crippen molar-refractivity contribution in [2.75, 3.05) is 0 Å². The molecule has 159 valence electrons. The van der Waals surface area contributed by atoms with E-state index in [1.54, 1.807) is 0 Å². The van der Waals surface area contributed by atoms with E-state index in [0.717, 1.165) is 0 Å². The molecule has 0 heterocycles. The van der Waals surface area contributed by atoms with Gasteiger partial charge in [0.25, 0.3) is 0 Å². The predicted octanol–water partition coefficient (Wildman–Crippen LogP) is 5.59. The van der Waals surface area contributed by atoms with Crippen molar-refractivity contribution in [3.63, 3.8) is 0 Å². The van der Waals surface area contributed by atoms with Crippen molar-refractivity contribution in [2.45, 2.75) is 47.6 Å². The van der Waals surface area contributed by atoms with Crippen LogP contribution in [0.15, 0.2) is 0 Å². The Labute approximate surface area is 136 Å². The number of alkyl halides is 17. The maximum atomic E-state index is 13.0. The zero-order chi connectivity index (χ0) is 22.7. The Hall–Kier alpha value is -1.63. The van der Waals surface area contributed by atoms with Crippen LogP contribution in [-0.4, -0.2) is 47.6 Å². The van der Waals surface area contributed by atoms with Gasteiger partial charge in [0, 0.05) is 0 Å². The van der Waals surface area contributed by atoms with Crippen LogP contribution in [0.3, 0.4) is 0 Å². The number of halogens is 17. The maximum absolute atomic E-state index is 13.0. The summed E-state index contributed by atoms with van der Waals surface area (Å²) >= 11 is 0. The highest BCUT2D eigenvalue weighted by Crippen LogP contribution is 2.63. The van der Waals surface area contributed by atoms with Crippen molar-refractivity contribution in [1.82, 2.24) is 0 Å². The molecule has 0 saturated carbocycles. The average molecular weight is 443 g/mol. The highest BCUT2D eigenvalue weighted by atomic mass is 19.4. The van der Waals surface area contributed by atoms with Gasteiger partial charge in [0.15, 0.2) is 0 Å². The molecule has 0 fully saturated rings. The van der Waals surface area contributed by atoms with Crippen LogP contribution >= 0.6 is 0 Å². The van der Waals surface area contributed by atoms with Crippen molar-refractivity contribution in [3.8, 4) is 5.92 Å².